The molecule has 2 aromatic carbocycles. The van der Waals surface area contributed by atoms with E-state index in [9.17, 15) is 4.79 Å². The summed E-state index contributed by atoms with van der Waals surface area (Å²) in [6.07, 6.45) is 3.32. The lowest BCUT2D eigenvalue weighted by atomic mass is 9.84. The van der Waals surface area contributed by atoms with Gasteiger partial charge in [0, 0.05) is 24.2 Å². The fourth-order valence-electron chi connectivity index (χ4n) is 4.39. The van der Waals surface area contributed by atoms with Gasteiger partial charge in [-0.2, -0.15) is 0 Å². The van der Waals surface area contributed by atoms with E-state index in [0.717, 1.165) is 48.2 Å². The maximum atomic E-state index is 13.0. The molecule has 4 rings (SSSR count). The van der Waals surface area contributed by atoms with E-state index in [0.29, 0.717) is 36.2 Å². The normalized spacial score (nSPS) is 18.3. The van der Waals surface area contributed by atoms with Gasteiger partial charge < -0.3 is 19.7 Å². The molecule has 0 aromatic heterocycles. The molecule has 1 heterocycles. The van der Waals surface area contributed by atoms with Crippen molar-refractivity contribution in [1.29, 1.82) is 0 Å². The van der Waals surface area contributed by atoms with Crippen LogP contribution >= 0.6 is 12.2 Å². The van der Waals surface area contributed by atoms with Gasteiger partial charge in [-0.25, -0.2) is 0 Å². The molecular weight excluding hydrogens is 420 g/mol. The van der Waals surface area contributed by atoms with Crippen LogP contribution in [0.25, 0.3) is 0 Å². The largest absolute Gasteiger partial charge is 0.490 e. The number of nitrogens with one attached hydrogen (secondary N) is 1. The van der Waals surface area contributed by atoms with Crippen molar-refractivity contribution in [3.05, 3.63) is 70.9 Å². The van der Waals surface area contributed by atoms with Crippen molar-refractivity contribution in [2.45, 2.75) is 52.2 Å². The zero-order chi connectivity index (χ0) is 22.5. The number of carbonyl (C=O) groups is 1. The van der Waals surface area contributed by atoms with E-state index < -0.39 is 0 Å². The highest BCUT2D eigenvalue weighted by Crippen LogP contribution is 2.40. The minimum atomic E-state index is -0.263. The zero-order valence-electron chi connectivity index (χ0n) is 18.7. The van der Waals surface area contributed by atoms with Crippen molar-refractivity contribution in [2.75, 3.05) is 13.2 Å². The number of Topliss-reactive ketones (excluding diaryl/α,β-unsaturated/α-hetero) is 1. The van der Waals surface area contributed by atoms with Crippen LogP contribution in [0.15, 0.2) is 59.8 Å². The Labute approximate surface area is 195 Å². The number of rotatable bonds is 8. The van der Waals surface area contributed by atoms with Crippen molar-refractivity contribution >= 4 is 23.1 Å². The summed E-state index contributed by atoms with van der Waals surface area (Å²) >= 11 is 5.70. The standard InChI is InChI=1S/C26H30N2O3S/c1-3-15-28-20-11-8-12-21(29)24(20)25(27-26(28)32)19-13-14-22(23(16-19)30-4-2)31-17-18-9-6-5-7-10-18/h5-7,9-10,13-14,16,25H,3-4,8,11-12,15,17H2,1-2H3,(H,27,32). The number of nitrogens with zero attached hydrogens (tertiary/aromatic N) is 1. The van der Waals surface area contributed by atoms with Gasteiger partial charge >= 0.3 is 0 Å². The first-order valence-electron chi connectivity index (χ1n) is 11.4. The molecule has 1 aliphatic carbocycles. The second kappa shape index (κ2) is 10.2. The van der Waals surface area contributed by atoms with Gasteiger partial charge in [0.15, 0.2) is 22.4 Å². The Balaban J connectivity index is 1.66. The molecule has 1 N–H and O–H groups in total. The number of hydrogen-bond acceptors (Lipinski definition) is 4. The highest BCUT2D eigenvalue weighted by atomic mass is 32.1. The van der Waals surface area contributed by atoms with Gasteiger partial charge in [0.05, 0.1) is 12.6 Å². The summed E-state index contributed by atoms with van der Waals surface area (Å²) in [6.45, 7) is 5.89. The summed E-state index contributed by atoms with van der Waals surface area (Å²) in [4.78, 5) is 15.1. The third-order valence-corrected chi connectivity index (χ3v) is 6.18. The van der Waals surface area contributed by atoms with Crippen molar-refractivity contribution in [2.24, 2.45) is 0 Å². The number of ketones is 1. The predicted octanol–water partition coefficient (Wildman–Crippen LogP) is 5.31. The molecule has 2 aliphatic rings. The maximum Gasteiger partial charge on any atom is 0.173 e. The Morgan fingerprint density at radius 2 is 1.88 bits per heavy atom. The van der Waals surface area contributed by atoms with Crippen LogP contribution in [0.4, 0.5) is 0 Å². The topological polar surface area (TPSA) is 50.8 Å². The molecule has 0 amide bonds. The predicted molar refractivity (Wildman–Crippen MR) is 130 cm³/mol. The molecule has 1 aliphatic heterocycles. The maximum absolute atomic E-state index is 13.0. The third kappa shape index (κ3) is 4.65. The first-order valence-corrected chi connectivity index (χ1v) is 11.8. The number of carbonyl (C=O) groups excluding carboxylic acids is 1. The number of allylic oxidation sites excluding steroid dienone is 1. The van der Waals surface area contributed by atoms with Crippen LogP contribution < -0.4 is 14.8 Å². The molecule has 2 aromatic rings. The first kappa shape index (κ1) is 22.3. The molecular formula is C26H30N2O3S. The van der Waals surface area contributed by atoms with E-state index in [4.69, 9.17) is 21.7 Å². The summed E-state index contributed by atoms with van der Waals surface area (Å²) in [5.74, 6) is 1.57. The fraction of sp³-hybridized carbons (Fsp3) is 0.385. The van der Waals surface area contributed by atoms with Gasteiger partial charge in [-0.15, -0.1) is 0 Å². The lowest BCUT2D eigenvalue weighted by Gasteiger charge is -2.41. The lowest BCUT2D eigenvalue weighted by molar-refractivity contribution is -0.116. The molecule has 32 heavy (non-hydrogen) atoms. The molecule has 0 saturated carbocycles. The molecule has 1 atom stereocenters. The highest BCUT2D eigenvalue weighted by Gasteiger charge is 2.37. The van der Waals surface area contributed by atoms with E-state index in [1.165, 1.54) is 0 Å². The second-order valence-corrected chi connectivity index (χ2v) is 8.47. The Morgan fingerprint density at radius 3 is 2.62 bits per heavy atom. The summed E-state index contributed by atoms with van der Waals surface area (Å²) in [7, 11) is 0. The van der Waals surface area contributed by atoms with E-state index in [1.807, 2.05) is 55.5 Å². The molecule has 0 radical (unpaired) electrons. The number of benzene rings is 2. The quantitative estimate of drug-likeness (QED) is 0.550. The van der Waals surface area contributed by atoms with Gasteiger partial charge in [0.25, 0.3) is 0 Å². The van der Waals surface area contributed by atoms with Crippen molar-refractivity contribution in [1.82, 2.24) is 10.2 Å². The van der Waals surface area contributed by atoms with E-state index in [2.05, 4.69) is 17.1 Å². The summed E-state index contributed by atoms with van der Waals surface area (Å²) in [5, 5.41) is 4.11. The van der Waals surface area contributed by atoms with E-state index in [-0.39, 0.29) is 11.8 Å². The van der Waals surface area contributed by atoms with Crippen molar-refractivity contribution < 1.29 is 14.3 Å². The number of thiocarbonyl (C=S) groups is 1. The van der Waals surface area contributed by atoms with Crippen LogP contribution in [0.2, 0.25) is 0 Å². The SMILES string of the molecule is CCCN1C(=S)NC(c2ccc(OCc3ccccc3)c(OCC)c2)C2=C1CCCC2=O. The van der Waals surface area contributed by atoms with Gasteiger partial charge in [0.1, 0.15) is 6.61 Å². The molecule has 6 heteroatoms. The molecule has 5 nitrogen and oxygen atoms in total. The average Bonchev–Trinajstić information content (AvgIpc) is 2.81. The molecule has 0 saturated heterocycles. The Kier molecular flexibility index (Phi) is 7.10. The minimum Gasteiger partial charge on any atom is -0.490 e. The Hall–Kier alpha value is -2.86. The average molecular weight is 451 g/mol. The summed E-state index contributed by atoms with van der Waals surface area (Å²) < 4.78 is 12.0. The van der Waals surface area contributed by atoms with Gasteiger partial charge in [0.2, 0.25) is 0 Å². The third-order valence-electron chi connectivity index (χ3n) is 5.84. The van der Waals surface area contributed by atoms with Crippen LogP contribution in [0.1, 0.15) is 56.7 Å². The number of ether oxygens (including phenoxy) is 2. The fourth-order valence-corrected chi connectivity index (χ4v) is 4.71. The van der Waals surface area contributed by atoms with Gasteiger partial charge in [-0.05, 0) is 61.7 Å². The molecule has 0 fully saturated rings. The molecule has 0 spiro atoms. The summed E-state index contributed by atoms with van der Waals surface area (Å²) in [5.41, 5.74) is 3.98. The van der Waals surface area contributed by atoms with Gasteiger partial charge in [-0.1, -0.05) is 43.3 Å². The number of hydrogen-bond donors (Lipinski definition) is 1. The first-order chi connectivity index (χ1) is 15.6. The lowest BCUT2D eigenvalue weighted by Crippen LogP contribution is -2.49. The molecule has 1 unspecified atom stereocenters. The summed E-state index contributed by atoms with van der Waals surface area (Å²) in [6, 6.07) is 15.7. The zero-order valence-corrected chi connectivity index (χ0v) is 19.5. The Bertz CT molecular complexity index is 1020. The van der Waals surface area contributed by atoms with E-state index >= 15 is 0 Å². The molecule has 0 bridgehead atoms. The van der Waals surface area contributed by atoms with Crippen molar-refractivity contribution in [3.63, 3.8) is 0 Å². The molecule has 168 valence electrons. The smallest absolute Gasteiger partial charge is 0.173 e. The monoisotopic (exact) mass is 450 g/mol. The highest BCUT2D eigenvalue weighted by molar-refractivity contribution is 7.80. The second-order valence-electron chi connectivity index (χ2n) is 8.08. The van der Waals surface area contributed by atoms with E-state index in [1.54, 1.807) is 0 Å². The Morgan fingerprint density at radius 1 is 1.06 bits per heavy atom. The van der Waals surface area contributed by atoms with Crippen LogP contribution in [0.5, 0.6) is 11.5 Å². The van der Waals surface area contributed by atoms with Crippen LogP contribution in [0, 0.1) is 0 Å². The van der Waals surface area contributed by atoms with Crippen LogP contribution in [0.3, 0.4) is 0 Å². The van der Waals surface area contributed by atoms with Gasteiger partial charge in [-0.3, -0.25) is 4.79 Å². The van der Waals surface area contributed by atoms with Crippen molar-refractivity contribution in [3.8, 4) is 11.5 Å². The minimum absolute atomic E-state index is 0.203. The van der Waals surface area contributed by atoms with Crippen LogP contribution in [-0.4, -0.2) is 28.9 Å². The van der Waals surface area contributed by atoms with Crippen LogP contribution in [-0.2, 0) is 11.4 Å².